The van der Waals surface area contributed by atoms with Crippen LogP contribution in [0.1, 0.15) is 13.8 Å². The molecule has 0 saturated heterocycles. The van der Waals surface area contributed by atoms with Crippen molar-refractivity contribution in [2.45, 2.75) is 19.9 Å². The average molecular weight is 212 g/mol. The highest BCUT2D eigenvalue weighted by Crippen LogP contribution is 2.36. The SMILES string of the molecule is CC1(C)C(C(=O)O)=C([N+](=O)[O-])C=C[C@H]1N. The normalized spacial score (nSPS) is 24.1. The smallest absolute Gasteiger partial charge is 0.339 e. The van der Waals surface area contributed by atoms with Crippen LogP contribution in [0.2, 0.25) is 0 Å². The Labute approximate surface area is 86.2 Å². The van der Waals surface area contributed by atoms with Crippen molar-refractivity contribution in [1.29, 1.82) is 0 Å². The third-order valence-corrected chi connectivity index (χ3v) is 2.61. The zero-order valence-electron chi connectivity index (χ0n) is 8.43. The van der Waals surface area contributed by atoms with E-state index >= 15 is 0 Å². The van der Waals surface area contributed by atoms with E-state index in [-0.39, 0.29) is 5.57 Å². The van der Waals surface area contributed by atoms with Gasteiger partial charge in [0.15, 0.2) is 0 Å². The summed E-state index contributed by atoms with van der Waals surface area (Å²) in [5, 5.41) is 19.6. The molecule has 0 unspecified atom stereocenters. The molecule has 6 heteroatoms. The van der Waals surface area contributed by atoms with E-state index in [4.69, 9.17) is 10.8 Å². The van der Waals surface area contributed by atoms with Crippen molar-refractivity contribution in [3.05, 3.63) is 33.5 Å². The zero-order chi connectivity index (χ0) is 11.8. The van der Waals surface area contributed by atoms with Crippen molar-refractivity contribution in [2.75, 3.05) is 0 Å². The van der Waals surface area contributed by atoms with Gasteiger partial charge in [-0.05, 0) is 0 Å². The number of hydrogen-bond acceptors (Lipinski definition) is 4. The van der Waals surface area contributed by atoms with Crippen molar-refractivity contribution < 1.29 is 14.8 Å². The van der Waals surface area contributed by atoms with Gasteiger partial charge in [0.05, 0.1) is 4.92 Å². The van der Waals surface area contributed by atoms with Crippen LogP contribution < -0.4 is 5.73 Å². The highest BCUT2D eigenvalue weighted by atomic mass is 16.6. The number of nitrogens with two attached hydrogens (primary N) is 1. The lowest BCUT2D eigenvalue weighted by molar-refractivity contribution is -0.421. The number of hydrogen-bond donors (Lipinski definition) is 2. The maximum absolute atomic E-state index is 11.0. The molecule has 15 heavy (non-hydrogen) atoms. The van der Waals surface area contributed by atoms with Crippen LogP contribution in [0.3, 0.4) is 0 Å². The molecule has 0 radical (unpaired) electrons. The van der Waals surface area contributed by atoms with Crippen LogP contribution in [0.5, 0.6) is 0 Å². The molecule has 0 aromatic carbocycles. The van der Waals surface area contributed by atoms with Gasteiger partial charge in [-0.3, -0.25) is 10.1 Å². The maximum Gasteiger partial charge on any atom is 0.339 e. The average Bonchev–Trinajstić information content (AvgIpc) is 2.07. The fourth-order valence-corrected chi connectivity index (χ4v) is 1.55. The lowest BCUT2D eigenvalue weighted by Gasteiger charge is -2.31. The van der Waals surface area contributed by atoms with Crippen LogP contribution in [-0.2, 0) is 4.79 Å². The van der Waals surface area contributed by atoms with Gasteiger partial charge in [-0.2, -0.15) is 0 Å². The molecular weight excluding hydrogens is 200 g/mol. The summed E-state index contributed by atoms with van der Waals surface area (Å²) in [6.07, 6.45) is 2.60. The highest BCUT2D eigenvalue weighted by molar-refractivity contribution is 5.89. The molecule has 0 heterocycles. The molecule has 1 rings (SSSR count). The van der Waals surface area contributed by atoms with Crippen LogP contribution in [0, 0.1) is 15.5 Å². The summed E-state index contributed by atoms with van der Waals surface area (Å²) in [5.41, 5.74) is 4.11. The standard InChI is InChI=1S/C9H12N2O4/c1-9(2)6(10)4-3-5(11(14)15)7(9)8(12)13/h3-4,6H,10H2,1-2H3,(H,12,13)/t6-/m1/s1. The van der Waals surface area contributed by atoms with Crippen LogP contribution in [0.4, 0.5) is 0 Å². The van der Waals surface area contributed by atoms with Gasteiger partial charge < -0.3 is 10.8 Å². The van der Waals surface area contributed by atoms with Gasteiger partial charge >= 0.3 is 5.97 Å². The van der Waals surface area contributed by atoms with E-state index in [0.29, 0.717) is 0 Å². The highest BCUT2D eigenvalue weighted by Gasteiger charge is 2.42. The molecule has 1 atom stereocenters. The minimum atomic E-state index is -1.30. The molecule has 1 aliphatic carbocycles. The second-order valence-corrected chi connectivity index (χ2v) is 3.93. The number of carboxylic acids is 1. The topological polar surface area (TPSA) is 106 Å². The van der Waals surface area contributed by atoms with Crippen LogP contribution in [-0.4, -0.2) is 22.0 Å². The molecule has 0 amide bonds. The summed E-state index contributed by atoms with van der Waals surface area (Å²) >= 11 is 0. The Hall–Kier alpha value is -1.69. The minimum absolute atomic E-state index is 0.248. The Morgan fingerprint density at radius 2 is 2.20 bits per heavy atom. The van der Waals surface area contributed by atoms with E-state index in [1.807, 2.05) is 0 Å². The maximum atomic E-state index is 11.0. The van der Waals surface area contributed by atoms with E-state index in [2.05, 4.69) is 0 Å². The fourth-order valence-electron chi connectivity index (χ4n) is 1.55. The first-order valence-corrected chi connectivity index (χ1v) is 4.34. The number of allylic oxidation sites excluding steroid dienone is 1. The lowest BCUT2D eigenvalue weighted by atomic mass is 9.74. The Kier molecular flexibility index (Phi) is 2.63. The lowest BCUT2D eigenvalue weighted by Crippen LogP contribution is -2.42. The second-order valence-electron chi connectivity index (χ2n) is 3.93. The summed E-state index contributed by atoms with van der Waals surface area (Å²) in [6.45, 7) is 3.16. The minimum Gasteiger partial charge on any atom is -0.478 e. The van der Waals surface area contributed by atoms with Crippen molar-refractivity contribution >= 4 is 5.97 Å². The van der Waals surface area contributed by atoms with Crippen molar-refractivity contribution in [1.82, 2.24) is 0 Å². The molecule has 0 aromatic rings. The summed E-state index contributed by atoms with van der Waals surface area (Å²) in [7, 11) is 0. The predicted molar refractivity (Wildman–Crippen MR) is 52.6 cm³/mol. The zero-order valence-corrected chi connectivity index (χ0v) is 8.43. The number of rotatable bonds is 2. The Morgan fingerprint density at radius 3 is 2.60 bits per heavy atom. The molecule has 3 N–H and O–H groups in total. The second kappa shape index (κ2) is 3.47. The summed E-state index contributed by atoms with van der Waals surface area (Å²) in [4.78, 5) is 20.9. The van der Waals surface area contributed by atoms with Crippen LogP contribution in [0.25, 0.3) is 0 Å². The molecule has 0 aliphatic heterocycles. The van der Waals surface area contributed by atoms with E-state index < -0.39 is 28.0 Å². The van der Waals surface area contributed by atoms with E-state index in [1.165, 1.54) is 6.08 Å². The summed E-state index contributed by atoms with van der Waals surface area (Å²) < 4.78 is 0. The Balaban J connectivity index is 3.41. The van der Waals surface area contributed by atoms with Gasteiger partial charge in [0.1, 0.15) is 5.57 Å². The van der Waals surface area contributed by atoms with Gasteiger partial charge in [0.2, 0.25) is 0 Å². The third-order valence-electron chi connectivity index (χ3n) is 2.61. The van der Waals surface area contributed by atoms with Crippen LogP contribution >= 0.6 is 0 Å². The predicted octanol–water partition coefficient (Wildman–Crippen LogP) is 0.525. The van der Waals surface area contributed by atoms with Gasteiger partial charge in [-0.1, -0.05) is 19.9 Å². The van der Waals surface area contributed by atoms with Gasteiger partial charge in [-0.25, -0.2) is 4.79 Å². The fraction of sp³-hybridized carbons (Fsp3) is 0.444. The van der Waals surface area contributed by atoms with Gasteiger partial charge in [0, 0.05) is 17.5 Å². The molecule has 6 nitrogen and oxygen atoms in total. The Morgan fingerprint density at radius 1 is 1.67 bits per heavy atom. The van der Waals surface area contributed by atoms with E-state index in [1.54, 1.807) is 13.8 Å². The molecule has 0 aromatic heterocycles. The number of nitrogens with zero attached hydrogens (tertiary/aromatic N) is 1. The van der Waals surface area contributed by atoms with E-state index in [0.717, 1.165) is 6.08 Å². The first kappa shape index (κ1) is 11.4. The molecule has 0 fully saturated rings. The largest absolute Gasteiger partial charge is 0.478 e. The molecule has 82 valence electrons. The molecule has 0 bridgehead atoms. The van der Waals surface area contributed by atoms with Crippen molar-refractivity contribution in [3.8, 4) is 0 Å². The third kappa shape index (κ3) is 1.75. The molecule has 1 aliphatic rings. The van der Waals surface area contributed by atoms with Crippen molar-refractivity contribution in [2.24, 2.45) is 11.1 Å². The van der Waals surface area contributed by atoms with Crippen LogP contribution in [0.15, 0.2) is 23.4 Å². The molecule has 0 saturated carbocycles. The van der Waals surface area contributed by atoms with Crippen molar-refractivity contribution in [3.63, 3.8) is 0 Å². The van der Waals surface area contributed by atoms with E-state index in [9.17, 15) is 14.9 Å². The first-order valence-electron chi connectivity index (χ1n) is 4.34. The van der Waals surface area contributed by atoms with Gasteiger partial charge in [0.25, 0.3) is 5.70 Å². The number of aliphatic carboxylic acids is 1. The van der Waals surface area contributed by atoms with Gasteiger partial charge in [-0.15, -0.1) is 0 Å². The first-order chi connectivity index (χ1) is 6.78. The number of carbonyl (C=O) groups is 1. The summed E-state index contributed by atoms with van der Waals surface area (Å²) in [5.74, 6) is -1.30. The number of nitro groups is 1. The molecular formula is C9H12N2O4. The monoisotopic (exact) mass is 212 g/mol. The molecule has 0 spiro atoms. The number of carboxylic acid groups (broad SMARTS) is 1. The quantitative estimate of drug-likeness (QED) is 0.512. The summed E-state index contributed by atoms with van der Waals surface area (Å²) in [6, 6.07) is -0.535. The Bertz CT molecular complexity index is 382.